The minimum absolute atomic E-state index is 0.383. The van der Waals surface area contributed by atoms with E-state index in [4.69, 9.17) is 17.3 Å². The average molecular weight is 385 g/mol. The van der Waals surface area contributed by atoms with E-state index in [9.17, 15) is 0 Å². The highest BCUT2D eigenvalue weighted by Crippen LogP contribution is 2.30. The second-order valence-electron chi connectivity index (χ2n) is 4.33. The molecule has 110 valence electrons. The molecule has 0 unspecified atom stereocenters. The van der Waals surface area contributed by atoms with Crippen LogP contribution in [0, 0.1) is 0 Å². The van der Waals surface area contributed by atoms with E-state index in [2.05, 4.69) is 20.9 Å². The predicted molar refractivity (Wildman–Crippen MR) is 97.1 cm³/mol. The van der Waals surface area contributed by atoms with Gasteiger partial charge < -0.3 is 10.6 Å². The molecule has 2 aromatic rings. The van der Waals surface area contributed by atoms with Crippen molar-refractivity contribution in [2.75, 3.05) is 18.2 Å². The molecule has 2 rings (SSSR count). The van der Waals surface area contributed by atoms with Crippen molar-refractivity contribution in [3.8, 4) is 0 Å². The fourth-order valence-corrected chi connectivity index (χ4v) is 2.70. The number of anilines is 1. The Morgan fingerprint density at radius 3 is 2.71 bits per heavy atom. The van der Waals surface area contributed by atoms with Gasteiger partial charge in [0.05, 0.1) is 10.7 Å². The van der Waals surface area contributed by atoms with Crippen LogP contribution in [0.4, 0.5) is 11.4 Å². The third-order valence-corrected chi connectivity index (χ3v) is 4.47. The van der Waals surface area contributed by atoms with Crippen molar-refractivity contribution in [2.45, 2.75) is 4.90 Å². The summed E-state index contributed by atoms with van der Waals surface area (Å²) >= 11 is 11.3. The van der Waals surface area contributed by atoms with Gasteiger partial charge in [-0.1, -0.05) is 33.6 Å². The van der Waals surface area contributed by atoms with Gasteiger partial charge in [-0.25, -0.2) is 4.99 Å². The molecule has 0 radical (unpaired) electrons. The molecule has 0 atom stereocenters. The van der Waals surface area contributed by atoms with Crippen molar-refractivity contribution in [3.05, 3.63) is 52.0 Å². The number of benzene rings is 2. The molecule has 6 heteroatoms. The van der Waals surface area contributed by atoms with Crippen LogP contribution in [-0.4, -0.2) is 19.3 Å². The zero-order valence-corrected chi connectivity index (χ0v) is 14.8. The molecular weight excluding hydrogens is 370 g/mol. The second-order valence-corrected chi connectivity index (χ2v) is 6.53. The number of guanidine groups is 1. The lowest BCUT2D eigenvalue weighted by Gasteiger charge is -2.18. The zero-order chi connectivity index (χ0) is 15.4. The summed E-state index contributed by atoms with van der Waals surface area (Å²) in [6.45, 7) is 0. The first-order valence-corrected chi connectivity index (χ1v) is 8.58. The molecule has 21 heavy (non-hydrogen) atoms. The highest BCUT2D eigenvalue weighted by molar-refractivity contribution is 9.10. The van der Waals surface area contributed by atoms with E-state index < -0.39 is 0 Å². The van der Waals surface area contributed by atoms with Crippen LogP contribution < -0.4 is 10.6 Å². The SMILES string of the molecule is CSc1ccc(Cl)c(N=C(N)N(C)c2cccc(Br)c2)c1. The summed E-state index contributed by atoms with van der Waals surface area (Å²) in [5, 5.41) is 0.582. The molecule has 0 aromatic heterocycles. The summed E-state index contributed by atoms with van der Waals surface area (Å²) in [4.78, 5) is 7.34. The predicted octanol–water partition coefficient (Wildman–Crippen LogP) is 4.91. The lowest BCUT2D eigenvalue weighted by atomic mass is 10.3. The molecule has 3 nitrogen and oxygen atoms in total. The lowest BCUT2D eigenvalue weighted by molar-refractivity contribution is 1.21. The van der Waals surface area contributed by atoms with Crippen molar-refractivity contribution in [3.63, 3.8) is 0 Å². The molecule has 0 aliphatic rings. The largest absolute Gasteiger partial charge is 0.369 e. The molecule has 0 fully saturated rings. The first-order valence-electron chi connectivity index (χ1n) is 6.18. The van der Waals surface area contributed by atoms with Gasteiger partial charge in [-0.2, -0.15) is 0 Å². The monoisotopic (exact) mass is 383 g/mol. The first kappa shape index (κ1) is 16.2. The second kappa shape index (κ2) is 7.20. The summed E-state index contributed by atoms with van der Waals surface area (Å²) < 4.78 is 0.988. The molecule has 0 heterocycles. The Morgan fingerprint density at radius 2 is 2.05 bits per heavy atom. The Balaban J connectivity index is 2.32. The summed E-state index contributed by atoms with van der Waals surface area (Å²) in [6, 6.07) is 13.6. The van der Waals surface area contributed by atoms with Crippen LogP contribution in [0.2, 0.25) is 5.02 Å². The Bertz CT molecular complexity index is 676. The van der Waals surface area contributed by atoms with Crippen LogP contribution in [0.5, 0.6) is 0 Å². The maximum Gasteiger partial charge on any atom is 0.200 e. The van der Waals surface area contributed by atoms with Gasteiger partial charge in [-0.05, 0) is 42.7 Å². The number of rotatable bonds is 3. The third kappa shape index (κ3) is 4.15. The number of nitrogens with two attached hydrogens (primary N) is 1. The highest BCUT2D eigenvalue weighted by atomic mass is 79.9. The lowest BCUT2D eigenvalue weighted by Crippen LogP contribution is -2.33. The van der Waals surface area contributed by atoms with Gasteiger partial charge in [0.15, 0.2) is 0 Å². The quantitative estimate of drug-likeness (QED) is 0.464. The van der Waals surface area contributed by atoms with Gasteiger partial charge in [0.25, 0.3) is 0 Å². The Morgan fingerprint density at radius 1 is 1.29 bits per heavy atom. The normalized spacial score (nSPS) is 11.5. The molecule has 0 bridgehead atoms. The van der Waals surface area contributed by atoms with Crippen molar-refractivity contribution in [1.29, 1.82) is 0 Å². The number of thioether (sulfide) groups is 1. The van der Waals surface area contributed by atoms with Gasteiger partial charge in [-0.15, -0.1) is 11.8 Å². The van der Waals surface area contributed by atoms with E-state index in [-0.39, 0.29) is 0 Å². The fraction of sp³-hybridized carbons (Fsp3) is 0.133. The number of hydrogen-bond donors (Lipinski definition) is 1. The van der Waals surface area contributed by atoms with Gasteiger partial charge in [0.2, 0.25) is 5.96 Å². The number of halogens is 2. The highest BCUT2D eigenvalue weighted by Gasteiger charge is 2.07. The molecule has 2 aromatic carbocycles. The van der Waals surface area contributed by atoms with E-state index in [1.54, 1.807) is 11.8 Å². The standard InChI is InChI=1S/C15H15BrClN3S/c1-20(11-5-3-4-10(16)8-11)15(18)19-14-9-12(21-2)6-7-13(14)17/h3-9H,1-2H3,(H2,18,19). The van der Waals surface area contributed by atoms with Crippen LogP contribution in [-0.2, 0) is 0 Å². The van der Waals surface area contributed by atoms with E-state index in [1.165, 1.54) is 0 Å². The van der Waals surface area contributed by atoms with Gasteiger partial charge in [0, 0.05) is 22.1 Å². The summed E-state index contributed by atoms with van der Waals surface area (Å²) in [5.74, 6) is 0.383. The first-order chi connectivity index (χ1) is 10.0. The molecule has 2 N–H and O–H groups in total. The van der Waals surface area contributed by atoms with Crippen molar-refractivity contribution in [2.24, 2.45) is 10.7 Å². The Kier molecular flexibility index (Phi) is 5.56. The van der Waals surface area contributed by atoms with E-state index >= 15 is 0 Å². The number of hydrogen-bond acceptors (Lipinski definition) is 2. The third-order valence-electron chi connectivity index (χ3n) is 2.93. The molecule has 0 saturated carbocycles. The molecule has 0 spiro atoms. The van der Waals surface area contributed by atoms with Crippen LogP contribution >= 0.6 is 39.3 Å². The number of aliphatic imine (C=N–C) groups is 1. The molecule has 0 aliphatic carbocycles. The fourth-order valence-electron chi connectivity index (χ4n) is 1.72. The van der Waals surface area contributed by atoms with E-state index in [0.29, 0.717) is 16.7 Å². The topological polar surface area (TPSA) is 41.6 Å². The summed E-state index contributed by atoms with van der Waals surface area (Å²) in [6.07, 6.45) is 2.01. The summed E-state index contributed by atoms with van der Waals surface area (Å²) in [7, 11) is 1.87. The van der Waals surface area contributed by atoms with E-state index in [0.717, 1.165) is 15.1 Å². The average Bonchev–Trinajstić information content (AvgIpc) is 2.48. The summed E-state index contributed by atoms with van der Waals surface area (Å²) in [5.41, 5.74) is 7.70. The minimum Gasteiger partial charge on any atom is -0.369 e. The maximum atomic E-state index is 6.18. The van der Waals surface area contributed by atoms with Crippen molar-refractivity contribution in [1.82, 2.24) is 0 Å². The zero-order valence-electron chi connectivity index (χ0n) is 11.7. The van der Waals surface area contributed by atoms with Gasteiger partial charge >= 0.3 is 0 Å². The van der Waals surface area contributed by atoms with E-state index in [1.807, 2.05) is 60.7 Å². The molecule has 0 saturated heterocycles. The van der Waals surface area contributed by atoms with Crippen LogP contribution in [0.3, 0.4) is 0 Å². The van der Waals surface area contributed by atoms with Crippen molar-refractivity contribution < 1.29 is 0 Å². The van der Waals surface area contributed by atoms with Crippen molar-refractivity contribution >= 4 is 56.6 Å². The molecular formula is C15H15BrClN3S. The Labute approximate surface area is 142 Å². The van der Waals surface area contributed by atoms with Gasteiger partial charge in [0.1, 0.15) is 0 Å². The van der Waals surface area contributed by atoms with Gasteiger partial charge in [-0.3, -0.25) is 0 Å². The minimum atomic E-state index is 0.383. The van der Waals surface area contributed by atoms with Crippen LogP contribution in [0.1, 0.15) is 0 Å². The maximum absolute atomic E-state index is 6.18. The number of nitrogens with zero attached hydrogens (tertiary/aromatic N) is 2. The van der Waals surface area contributed by atoms with Crippen LogP contribution in [0.15, 0.2) is 56.8 Å². The Hall–Kier alpha value is -1.17. The molecule has 0 amide bonds. The van der Waals surface area contributed by atoms with Crippen LogP contribution in [0.25, 0.3) is 0 Å². The smallest absolute Gasteiger partial charge is 0.200 e. The molecule has 0 aliphatic heterocycles.